The van der Waals surface area contributed by atoms with Crippen LogP contribution >= 0.6 is 45.9 Å². The molecule has 4 atom stereocenters. The zero-order valence-corrected chi connectivity index (χ0v) is 16.5. The van der Waals surface area contributed by atoms with Crippen LogP contribution in [0.2, 0.25) is 12.1 Å². The molecular weight excluding hydrogens is 346 g/mol. The normalized spacial score (nSPS) is 36.3. The topological polar surface area (TPSA) is 9.23 Å². The summed E-state index contributed by atoms with van der Waals surface area (Å²) >= 11 is 25.8. The lowest BCUT2D eigenvalue weighted by Crippen LogP contribution is -2.67. The first kappa shape index (κ1) is 17.6. The van der Waals surface area contributed by atoms with Crippen molar-refractivity contribution in [2.24, 2.45) is 11.8 Å². The molecule has 4 unspecified atom stereocenters. The Bertz CT molecular complexity index is 268. The van der Waals surface area contributed by atoms with Crippen LogP contribution in [0.1, 0.15) is 27.7 Å². The van der Waals surface area contributed by atoms with E-state index in [1.165, 1.54) is 0 Å². The lowest BCUT2D eigenvalue weighted by atomic mass is 10.3. The maximum absolute atomic E-state index is 6.68. The zero-order chi connectivity index (χ0) is 14.1. The van der Waals surface area contributed by atoms with Gasteiger partial charge in [0.15, 0.2) is 0 Å². The van der Waals surface area contributed by atoms with E-state index in [4.69, 9.17) is 50.3 Å². The second-order valence-electron chi connectivity index (χ2n) is 6.08. The number of halogens is 4. The van der Waals surface area contributed by atoms with Crippen molar-refractivity contribution >= 4 is 61.3 Å². The van der Waals surface area contributed by atoms with Crippen LogP contribution in [0.4, 0.5) is 0 Å². The van der Waals surface area contributed by atoms with Crippen molar-refractivity contribution in [1.29, 1.82) is 0 Å². The van der Waals surface area contributed by atoms with E-state index < -0.39 is 21.0 Å². The lowest BCUT2D eigenvalue weighted by Gasteiger charge is -2.47. The fraction of sp³-hybridized carbons (Fsp3) is 1.00. The average Bonchev–Trinajstić information content (AvgIpc) is 2.22. The van der Waals surface area contributed by atoms with Crippen molar-refractivity contribution in [3.63, 3.8) is 0 Å². The molecule has 7 heteroatoms. The Morgan fingerprint density at radius 1 is 1.06 bits per heavy atom. The summed E-state index contributed by atoms with van der Waals surface area (Å²) in [5.74, 6) is 1.15. The van der Waals surface area contributed by atoms with Crippen LogP contribution in [0.25, 0.3) is 0 Å². The Hall–Kier alpha value is 1.55. The first-order valence-corrected chi connectivity index (χ1v) is 14.2. The quantitative estimate of drug-likeness (QED) is 0.399. The van der Waals surface area contributed by atoms with E-state index in [9.17, 15) is 0 Å². The molecule has 0 N–H and O–H groups in total. The highest BCUT2D eigenvalue weighted by Gasteiger charge is 2.57. The second kappa shape index (κ2) is 7.01. The number of rotatable bonds is 4. The highest BCUT2D eigenvalue weighted by Crippen LogP contribution is 2.43. The Morgan fingerprint density at radius 3 is 1.89 bits per heavy atom. The van der Waals surface area contributed by atoms with E-state index >= 15 is 0 Å². The number of alkyl halides is 3. The van der Waals surface area contributed by atoms with Gasteiger partial charge in [-0.25, -0.2) is 0 Å². The zero-order valence-electron chi connectivity index (χ0n) is 11.3. The summed E-state index contributed by atoms with van der Waals surface area (Å²) in [6, 6.07) is 2.18. The fourth-order valence-corrected chi connectivity index (χ4v) is 23.0. The molecule has 0 aromatic carbocycles. The molecule has 0 radical (unpaired) electrons. The minimum Gasteiger partial charge on any atom is -0.390 e. The van der Waals surface area contributed by atoms with Gasteiger partial charge in [0.05, 0.1) is 5.38 Å². The van der Waals surface area contributed by atoms with Crippen LogP contribution in [0, 0.1) is 11.8 Å². The van der Waals surface area contributed by atoms with Crippen LogP contribution in [-0.2, 0) is 4.43 Å². The third-order valence-electron chi connectivity index (χ3n) is 3.36. The van der Waals surface area contributed by atoms with Crippen LogP contribution in [0.5, 0.6) is 0 Å². The van der Waals surface area contributed by atoms with Crippen molar-refractivity contribution in [1.82, 2.24) is 0 Å². The molecule has 1 rings (SSSR count). The molecule has 1 heterocycles. The van der Waals surface area contributed by atoms with Crippen molar-refractivity contribution in [3.05, 3.63) is 0 Å². The molecule has 0 bridgehead atoms. The minimum atomic E-state index is -1.89. The molecule has 0 saturated carbocycles. The molecule has 1 saturated heterocycles. The van der Waals surface area contributed by atoms with Gasteiger partial charge in [-0.05, 0) is 11.8 Å². The third-order valence-corrected chi connectivity index (χ3v) is 22.9. The van der Waals surface area contributed by atoms with E-state index in [0.29, 0.717) is 11.8 Å². The van der Waals surface area contributed by atoms with Crippen molar-refractivity contribution < 1.29 is 4.43 Å². The Labute approximate surface area is 133 Å². The molecule has 0 aliphatic carbocycles. The highest BCUT2D eigenvalue weighted by molar-refractivity contribution is 7.49. The van der Waals surface area contributed by atoms with Gasteiger partial charge in [0.25, 0.3) is 7.87 Å². The summed E-state index contributed by atoms with van der Waals surface area (Å²) in [5, 5.41) is -0.394. The smallest absolute Gasteiger partial charge is 0.262 e. The summed E-state index contributed by atoms with van der Waals surface area (Å²) in [7, 11) is -3.74. The van der Waals surface area contributed by atoms with Gasteiger partial charge in [-0.2, -0.15) is 0 Å². The van der Waals surface area contributed by atoms with Gasteiger partial charge in [-0.1, -0.05) is 51.4 Å². The highest BCUT2D eigenvalue weighted by atomic mass is 35.6. The number of hydrogen-bond donors (Lipinski definition) is 0. The summed E-state index contributed by atoms with van der Waals surface area (Å²) in [4.78, 5) is 0. The Morgan fingerprint density at radius 2 is 1.50 bits per heavy atom. The SMILES string of the molecule is CC(C)C[Si]1(CC(C)C)C(Cl)C(Cl)C(Cl)O[SiH]1Cl. The van der Waals surface area contributed by atoms with Crippen molar-refractivity contribution in [2.45, 2.75) is 55.7 Å². The predicted molar refractivity (Wildman–Crippen MR) is 88.1 cm³/mol. The molecule has 1 fully saturated rings. The molecule has 108 valence electrons. The van der Waals surface area contributed by atoms with Crippen molar-refractivity contribution in [3.8, 4) is 0 Å². The molecular formula is C11H22Cl4OSi2. The molecule has 1 aliphatic heterocycles. The molecule has 0 aromatic rings. The average molecular weight is 368 g/mol. The van der Waals surface area contributed by atoms with E-state index in [0.717, 1.165) is 12.1 Å². The molecule has 0 amide bonds. The van der Waals surface area contributed by atoms with E-state index in [1.54, 1.807) is 0 Å². The molecule has 1 aliphatic rings. The van der Waals surface area contributed by atoms with E-state index in [1.807, 2.05) is 0 Å². The summed E-state index contributed by atoms with van der Waals surface area (Å²) in [5.41, 5.74) is -0.525. The van der Waals surface area contributed by atoms with Crippen LogP contribution in [0.3, 0.4) is 0 Å². The van der Waals surface area contributed by atoms with Gasteiger partial charge >= 0.3 is 0 Å². The molecule has 0 spiro atoms. The largest absolute Gasteiger partial charge is 0.390 e. The van der Waals surface area contributed by atoms with Gasteiger partial charge in [0.1, 0.15) is 13.2 Å². The Balaban J connectivity index is 3.04. The standard InChI is InChI=1S/C11H22Cl4OSi2/c1-7(2)5-18(6-8(3)4)11(14)9(12)10(13)16-17(18)15/h7-11,17H,5-6H2,1-4H3. The van der Waals surface area contributed by atoms with Crippen LogP contribution in [0.15, 0.2) is 0 Å². The monoisotopic (exact) mass is 366 g/mol. The maximum Gasteiger partial charge on any atom is 0.262 e. The molecule has 1 nitrogen and oxygen atoms in total. The van der Waals surface area contributed by atoms with Gasteiger partial charge in [0.2, 0.25) is 0 Å². The predicted octanol–water partition coefficient (Wildman–Crippen LogP) is 4.63. The molecule has 0 aromatic heterocycles. The van der Waals surface area contributed by atoms with Crippen molar-refractivity contribution in [2.75, 3.05) is 0 Å². The second-order valence-corrected chi connectivity index (χ2v) is 20.0. The maximum atomic E-state index is 6.68. The third kappa shape index (κ3) is 3.81. The first-order chi connectivity index (χ1) is 8.20. The lowest BCUT2D eigenvalue weighted by molar-refractivity contribution is 0.284. The summed E-state index contributed by atoms with van der Waals surface area (Å²) in [6.07, 6.45) is 0. The number of hydrogen-bond acceptors (Lipinski definition) is 1. The van der Waals surface area contributed by atoms with Crippen LogP contribution in [-0.4, -0.2) is 31.4 Å². The minimum absolute atomic E-state index is 0.0746. The first-order valence-electron chi connectivity index (χ1n) is 6.42. The van der Waals surface area contributed by atoms with Crippen LogP contribution < -0.4 is 0 Å². The van der Waals surface area contributed by atoms with Gasteiger partial charge in [-0.3, -0.25) is 0 Å². The summed E-state index contributed by atoms with van der Waals surface area (Å²) < 4.78 is 5.80. The fourth-order valence-electron chi connectivity index (χ4n) is 2.91. The summed E-state index contributed by atoms with van der Waals surface area (Å²) in [6.45, 7) is 8.86. The van der Waals surface area contributed by atoms with E-state index in [2.05, 4.69) is 27.7 Å². The van der Waals surface area contributed by atoms with Gasteiger partial charge in [0, 0.05) is 5.00 Å². The van der Waals surface area contributed by atoms with E-state index in [-0.39, 0.29) is 10.4 Å². The Kier molecular flexibility index (Phi) is 6.86. The van der Waals surface area contributed by atoms with Gasteiger partial charge < -0.3 is 4.43 Å². The van der Waals surface area contributed by atoms with Gasteiger partial charge in [-0.15, -0.1) is 34.3 Å². The molecule has 18 heavy (non-hydrogen) atoms.